The predicted molar refractivity (Wildman–Crippen MR) is 82.1 cm³/mol. The van der Waals surface area contributed by atoms with Crippen LogP contribution in [0.1, 0.15) is 18.9 Å². The van der Waals surface area contributed by atoms with Crippen molar-refractivity contribution in [2.75, 3.05) is 11.9 Å². The van der Waals surface area contributed by atoms with Crippen molar-refractivity contribution in [3.8, 4) is 11.6 Å². The smallest absolute Gasteiger partial charge is 0.243 e. The zero-order valence-electron chi connectivity index (χ0n) is 11.3. The van der Waals surface area contributed by atoms with Gasteiger partial charge in [-0.2, -0.15) is 4.98 Å². The molecule has 1 aromatic carbocycles. The summed E-state index contributed by atoms with van der Waals surface area (Å²) in [5.74, 6) is 1.28. The Balaban J connectivity index is 2.23. The summed E-state index contributed by atoms with van der Waals surface area (Å²) >= 11 is 12.2. The number of aromatic nitrogens is 2. The largest absolute Gasteiger partial charge is 0.436 e. The van der Waals surface area contributed by atoms with Gasteiger partial charge in [0.1, 0.15) is 10.8 Å². The van der Waals surface area contributed by atoms with Gasteiger partial charge in [-0.3, -0.25) is 0 Å². The summed E-state index contributed by atoms with van der Waals surface area (Å²) in [6.07, 6.45) is 2.48. The minimum Gasteiger partial charge on any atom is -0.436 e. The van der Waals surface area contributed by atoms with Gasteiger partial charge in [0.25, 0.3) is 0 Å². The van der Waals surface area contributed by atoms with Gasteiger partial charge in [-0.05, 0) is 31.0 Å². The molecule has 106 valence electrons. The highest BCUT2D eigenvalue weighted by Crippen LogP contribution is 2.32. The van der Waals surface area contributed by atoms with E-state index in [1.807, 2.05) is 19.1 Å². The van der Waals surface area contributed by atoms with Crippen LogP contribution in [0, 0.1) is 6.92 Å². The SMILES string of the molecule is CCCNc1ncc(Cl)c(Oc2ccc(C)cc2Cl)n1. The zero-order chi connectivity index (χ0) is 14.5. The highest BCUT2D eigenvalue weighted by Gasteiger charge is 2.10. The highest BCUT2D eigenvalue weighted by molar-refractivity contribution is 6.32. The van der Waals surface area contributed by atoms with E-state index >= 15 is 0 Å². The van der Waals surface area contributed by atoms with Crippen molar-refractivity contribution in [2.45, 2.75) is 20.3 Å². The summed E-state index contributed by atoms with van der Waals surface area (Å²) in [6.45, 7) is 4.80. The van der Waals surface area contributed by atoms with Crippen molar-refractivity contribution < 1.29 is 4.74 Å². The lowest BCUT2D eigenvalue weighted by Gasteiger charge is -2.10. The van der Waals surface area contributed by atoms with Crippen LogP contribution in [0.15, 0.2) is 24.4 Å². The summed E-state index contributed by atoms with van der Waals surface area (Å²) in [4.78, 5) is 8.32. The maximum Gasteiger partial charge on any atom is 0.243 e. The lowest BCUT2D eigenvalue weighted by atomic mass is 10.2. The van der Waals surface area contributed by atoms with Crippen LogP contribution in [0.3, 0.4) is 0 Å². The van der Waals surface area contributed by atoms with E-state index in [4.69, 9.17) is 27.9 Å². The molecule has 0 bridgehead atoms. The van der Waals surface area contributed by atoms with Crippen molar-refractivity contribution in [1.82, 2.24) is 9.97 Å². The zero-order valence-corrected chi connectivity index (χ0v) is 12.8. The fraction of sp³-hybridized carbons (Fsp3) is 0.286. The molecule has 20 heavy (non-hydrogen) atoms. The molecule has 0 saturated carbocycles. The van der Waals surface area contributed by atoms with E-state index in [-0.39, 0.29) is 5.88 Å². The standard InChI is InChI=1S/C14H15Cl2N3O/c1-3-6-17-14-18-8-11(16)13(19-14)20-12-5-4-9(2)7-10(12)15/h4-5,7-8H,3,6H2,1-2H3,(H,17,18,19). The molecule has 0 aliphatic rings. The predicted octanol–water partition coefficient (Wildman–Crippen LogP) is 4.71. The Labute approximate surface area is 128 Å². The lowest BCUT2D eigenvalue weighted by molar-refractivity contribution is 0.462. The Hall–Kier alpha value is -1.52. The number of hydrogen-bond acceptors (Lipinski definition) is 4. The van der Waals surface area contributed by atoms with Gasteiger partial charge < -0.3 is 10.1 Å². The van der Waals surface area contributed by atoms with E-state index in [9.17, 15) is 0 Å². The topological polar surface area (TPSA) is 47.0 Å². The van der Waals surface area contributed by atoms with Gasteiger partial charge in [-0.1, -0.05) is 36.2 Å². The van der Waals surface area contributed by atoms with Gasteiger partial charge in [0.2, 0.25) is 11.8 Å². The van der Waals surface area contributed by atoms with Gasteiger partial charge in [-0.25, -0.2) is 4.98 Å². The normalized spacial score (nSPS) is 10.4. The number of aryl methyl sites for hydroxylation is 1. The molecule has 0 amide bonds. The highest BCUT2D eigenvalue weighted by atomic mass is 35.5. The Morgan fingerprint density at radius 2 is 2.05 bits per heavy atom. The molecular formula is C14H15Cl2N3O. The summed E-state index contributed by atoms with van der Waals surface area (Å²) in [7, 11) is 0. The molecular weight excluding hydrogens is 297 g/mol. The second-order valence-corrected chi connectivity index (χ2v) is 5.12. The molecule has 1 heterocycles. The van der Waals surface area contributed by atoms with Crippen molar-refractivity contribution in [3.05, 3.63) is 40.0 Å². The number of rotatable bonds is 5. The van der Waals surface area contributed by atoms with Crippen molar-refractivity contribution in [2.24, 2.45) is 0 Å². The molecule has 6 heteroatoms. The number of anilines is 1. The summed E-state index contributed by atoms with van der Waals surface area (Å²) in [6, 6.07) is 5.52. The molecule has 0 aliphatic carbocycles. The number of nitrogens with zero attached hydrogens (tertiary/aromatic N) is 2. The van der Waals surface area contributed by atoms with E-state index < -0.39 is 0 Å². The molecule has 0 fully saturated rings. The van der Waals surface area contributed by atoms with Crippen LogP contribution in [0.5, 0.6) is 11.6 Å². The molecule has 0 saturated heterocycles. The lowest BCUT2D eigenvalue weighted by Crippen LogP contribution is -2.05. The monoisotopic (exact) mass is 311 g/mol. The van der Waals surface area contributed by atoms with Gasteiger partial charge >= 0.3 is 0 Å². The first-order valence-electron chi connectivity index (χ1n) is 6.30. The third-order valence-corrected chi connectivity index (χ3v) is 3.09. The Morgan fingerprint density at radius 1 is 1.25 bits per heavy atom. The van der Waals surface area contributed by atoms with Crippen molar-refractivity contribution in [1.29, 1.82) is 0 Å². The third kappa shape index (κ3) is 3.74. The average molecular weight is 312 g/mol. The fourth-order valence-corrected chi connectivity index (χ4v) is 1.94. The molecule has 2 aromatic rings. The van der Waals surface area contributed by atoms with Crippen LogP contribution in [0.4, 0.5) is 5.95 Å². The minimum atomic E-state index is 0.283. The van der Waals surface area contributed by atoms with Crippen LogP contribution >= 0.6 is 23.2 Å². The molecule has 1 N–H and O–H groups in total. The quantitative estimate of drug-likeness (QED) is 0.869. The molecule has 1 aromatic heterocycles. The van der Waals surface area contributed by atoms with E-state index in [1.54, 1.807) is 6.07 Å². The first-order chi connectivity index (χ1) is 9.60. The van der Waals surface area contributed by atoms with Gasteiger partial charge in [0, 0.05) is 6.54 Å². The number of nitrogens with one attached hydrogen (secondary N) is 1. The van der Waals surface area contributed by atoms with Crippen LogP contribution in [0.25, 0.3) is 0 Å². The molecule has 0 atom stereocenters. The number of benzene rings is 1. The van der Waals surface area contributed by atoms with Crippen molar-refractivity contribution >= 4 is 29.2 Å². The molecule has 0 aliphatic heterocycles. The molecule has 2 rings (SSSR count). The van der Waals surface area contributed by atoms with Crippen LogP contribution in [-0.2, 0) is 0 Å². The third-order valence-electron chi connectivity index (χ3n) is 2.54. The Kier molecular flexibility index (Phi) is 5.04. The second kappa shape index (κ2) is 6.77. The number of hydrogen-bond donors (Lipinski definition) is 1. The molecule has 0 spiro atoms. The summed E-state index contributed by atoms with van der Waals surface area (Å²) < 4.78 is 5.66. The van der Waals surface area contributed by atoms with Gasteiger partial charge in [-0.15, -0.1) is 0 Å². The van der Waals surface area contributed by atoms with E-state index in [2.05, 4.69) is 22.2 Å². The van der Waals surface area contributed by atoms with Crippen LogP contribution in [-0.4, -0.2) is 16.5 Å². The summed E-state index contributed by atoms with van der Waals surface area (Å²) in [5, 5.41) is 3.93. The molecule has 0 unspecified atom stereocenters. The summed E-state index contributed by atoms with van der Waals surface area (Å²) in [5.41, 5.74) is 1.06. The molecule has 4 nitrogen and oxygen atoms in total. The number of halogens is 2. The molecule has 0 radical (unpaired) electrons. The average Bonchev–Trinajstić information content (AvgIpc) is 2.42. The van der Waals surface area contributed by atoms with E-state index in [1.165, 1.54) is 6.20 Å². The Bertz CT molecular complexity index is 605. The van der Waals surface area contributed by atoms with E-state index in [0.717, 1.165) is 18.5 Å². The van der Waals surface area contributed by atoms with Crippen LogP contribution in [0.2, 0.25) is 10.0 Å². The van der Waals surface area contributed by atoms with Gasteiger partial charge in [0.05, 0.1) is 11.2 Å². The second-order valence-electron chi connectivity index (χ2n) is 4.31. The number of ether oxygens (including phenoxy) is 1. The Morgan fingerprint density at radius 3 is 2.75 bits per heavy atom. The first-order valence-corrected chi connectivity index (χ1v) is 7.06. The fourth-order valence-electron chi connectivity index (χ4n) is 1.54. The van der Waals surface area contributed by atoms with E-state index in [0.29, 0.717) is 21.7 Å². The van der Waals surface area contributed by atoms with Crippen molar-refractivity contribution in [3.63, 3.8) is 0 Å². The minimum absolute atomic E-state index is 0.283. The van der Waals surface area contributed by atoms with Crippen LogP contribution < -0.4 is 10.1 Å². The maximum atomic E-state index is 6.13. The van der Waals surface area contributed by atoms with Gasteiger partial charge in [0.15, 0.2) is 0 Å². The first kappa shape index (κ1) is 14.9. The maximum absolute atomic E-state index is 6.13.